The molecule has 1 heterocycles. The Morgan fingerprint density at radius 1 is 0.862 bits per heavy atom. The third kappa shape index (κ3) is 5.10. The summed E-state index contributed by atoms with van der Waals surface area (Å²) in [6, 6.07) is 15.6. The zero-order valence-electron chi connectivity index (χ0n) is 16.4. The topological polar surface area (TPSA) is 89.5 Å². The van der Waals surface area contributed by atoms with Gasteiger partial charge in [-0.05, 0) is 43.3 Å². The molecular formula is C22H21N3O4. The molecule has 0 radical (unpaired) electrons. The van der Waals surface area contributed by atoms with Crippen LogP contribution in [0.3, 0.4) is 0 Å². The van der Waals surface area contributed by atoms with Crippen LogP contribution in [-0.4, -0.2) is 30.9 Å². The van der Waals surface area contributed by atoms with Crippen molar-refractivity contribution in [2.24, 2.45) is 0 Å². The highest BCUT2D eigenvalue weighted by atomic mass is 16.5. The lowest BCUT2D eigenvalue weighted by atomic mass is 10.1. The number of ether oxygens (including phenoxy) is 2. The van der Waals surface area contributed by atoms with Crippen molar-refractivity contribution in [1.82, 2.24) is 4.98 Å². The molecule has 148 valence electrons. The summed E-state index contributed by atoms with van der Waals surface area (Å²) in [7, 11) is 3.05. The quantitative estimate of drug-likeness (QED) is 0.584. The fourth-order valence-electron chi connectivity index (χ4n) is 2.65. The highest BCUT2D eigenvalue weighted by Crippen LogP contribution is 2.23. The van der Waals surface area contributed by atoms with Crippen LogP contribution < -0.4 is 20.1 Å². The fraction of sp³-hybridized carbons (Fsp3) is 0.136. The van der Waals surface area contributed by atoms with Gasteiger partial charge in [-0.15, -0.1) is 0 Å². The first kappa shape index (κ1) is 19.9. The highest BCUT2D eigenvalue weighted by Gasteiger charge is 2.11. The van der Waals surface area contributed by atoms with Gasteiger partial charge in [-0.2, -0.15) is 0 Å². The van der Waals surface area contributed by atoms with E-state index in [0.29, 0.717) is 28.4 Å². The van der Waals surface area contributed by atoms with Crippen LogP contribution in [0.25, 0.3) is 0 Å². The van der Waals surface area contributed by atoms with Gasteiger partial charge in [0.15, 0.2) is 5.78 Å². The second-order valence-corrected chi connectivity index (χ2v) is 6.25. The number of hydrogen-bond donors (Lipinski definition) is 2. The number of Topliss-reactive ketones (excluding diaryl/α,β-unsaturated/α-hetero) is 1. The molecule has 0 unspecified atom stereocenters. The van der Waals surface area contributed by atoms with Crippen LogP contribution >= 0.6 is 0 Å². The number of carbonyl (C=O) groups excluding carboxylic acids is 2. The molecule has 2 N–H and O–H groups in total. The van der Waals surface area contributed by atoms with Gasteiger partial charge >= 0.3 is 0 Å². The summed E-state index contributed by atoms with van der Waals surface area (Å²) in [4.78, 5) is 28.3. The minimum atomic E-state index is -0.329. The minimum Gasteiger partial charge on any atom is -0.497 e. The number of nitrogens with one attached hydrogen (secondary N) is 2. The smallest absolute Gasteiger partial charge is 0.257 e. The van der Waals surface area contributed by atoms with Gasteiger partial charge < -0.3 is 20.1 Å². The summed E-state index contributed by atoms with van der Waals surface area (Å²) in [6.45, 7) is 1.52. The number of ketones is 1. The van der Waals surface area contributed by atoms with E-state index in [-0.39, 0.29) is 11.7 Å². The van der Waals surface area contributed by atoms with E-state index in [9.17, 15) is 9.59 Å². The summed E-state index contributed by atoms with van der Waals surface area (Å²) in [5.41, 5.74) is 2.53. The SMILES string of the molecule is COc1cc(OC)cc(C(=O)Nc2ccc(Nc3cccc(C(C)=O)c3)cn2)c1. The maximum atomic E-state index is 12.5. The Morgan fingerprint density at radius 2 is 1.59 bits per heavy atom. The van der Waals surface area contributed by atoms with E-state index in [1.54, 1.807) is 48.7 Å². The first-order valence-electron chi connectivity index (χ1n) is 8.87. The molecule has 3 rings (SSSR count). The molecule has 3 aromatic rings. The lowest BCUT2D eigenvalue weighted by Crippen LogP contribution is -2.13. The number of pyridine rings is 1. The third-order valence-electron chi connectivity index (χ3n) is 4.18. The molecule has 29 heavy (non-hydrogen) atoms. The number of amides is 1. The van der Waals surface area contributed by atoms with Crippen LogP contribution in [0.2, 0.25) is 0 Å². The maximum absolute atomic E-state index is 12.5. The molecule has 7 nitrogen and oxygen atoms in total. The molecule has 0 saturated carbocycles. The van der Waals surface area contributed by atoms with Gasteiger partial charge in [-0.25, -0.2) is 4.98 Å². The van der Waals surface area contributed by atoms with E-state index in [1.165, 1.54) is 21.1 Å². The van der Waals surface area contributed by atoms with Crippen molar-refractivity contribution in [2.45, 2.75) is 6.92 Å². The molecule has 0 atom stereocenters. The van der Waals surface area contributed by atoms with Gasteiger partial charge in [-0.1, -0.05) is 12.1 Å². The van der Waals surface area contributed by atoms with Gasteiger partial charge in [0.2, 0.25) is 0 Å². The second kappa shape index (κ2) is 8.88. The van der Waals surface area contributed by atoms with E-state index in [1.807, 2.05) is 12.1 Å². The van der Waals surface area contributed by atoms with Crippen LogP contribution in [0.15, 0.2) is 60.8 Å². The maximum Gasteiger partial charge on any atom is 0.257 e. The summed E-state index contributed by atoms with van der Waals surface area (Å²) in [5, 5.41) is 5.92. The number of rotatable bonds is 7. The molecule has 0 spiro atoms. The lowest BCUT2D eigenvalue weighted by molar-refractivity contribution is 0.101. The first-order valence-corrected chi connectivity index (χ1v) is 8.87. The molecule has 0 aliphatic rings. The van der Waals surface area contributed by atoms with E-state index in [0.717, 1.165) is 11.4 Å². The minimum absolute atomic E-state index is 0.000918. The Kier molecular flexibility index (Phi) is 6.09. The zero-order chi connectivity index (χ0) is 20.8. The normalized spacial score (nSPS) is 10.2. The van der Waals surface area contributed by atoms with Crippen molar-refractivity contribution in [3.63, 3.8) is 0 Å². The number of methoxy groups -OCH3 is 2. The molecule has 2 aromatic carbocycles. The molecular weight excluding hydrogens is 370 g/mol. The predicted molar refractivity (Wildman–Crippen MR) is 111 cm³/mol. The lowest BCUT2D eigenvalue weighted by Gasteiger charge is -2.10. The Balaban J connectivity index is 1.70. The van der Waals surface area contributed by atoms with Crippen molar-refractivity contribution in [1.29, 1.82) is 0 Å². The van der Waals surface area contributed by atoms with E-state index < -0.39 is 0 Å². The van der Waals surface area contributed by atoms with Crippen LogP contribution in [0.4, 0.5) is 17.2 Å². The largest absolute Gasteiger partial charge is 0.497 e. The Labute approximate surface area is 168 Å². The average molecular weight is 391 g/mol. The van der Waals surface area contributed by atoms with Crippen molar-refractivity contribution < 1.29 is 19.1 Å². The van der Waals surface area contributed by atoms with Crippen LogP contribution in [-0.2, 0) is 0 Å². The molecule has 0 aliphatic heterocycles. The van der Waals surface area contributed by atoms with Gasteiger partial charge in [0.1, 0.15) is 17.3 Å². The zero-order valence-corrected chi connectivity index (χ0v) is 16.4. The summed E-state index contributed by atoms with van der Waals surface area (Å²) in [5.74, 6) is 1.12. The van der Waals surface area contributed by atoms with E-state index in [2.05, 4.69) is 15.6 Å². The van der Waals surface area contributed by atoms with Crippen molar-refractivity contribution in [2.75, 3.05) is 24.9 Å². The summed E-state index contributed by atoms with van der Waals surface area (Å²) >= 11 is 0. The molecule has 0 bridgehead atoms. The van der Waals surface area contributed by atoms with Gasteiger partial charge in [0, 0.05) is 22.9 Å². The number of benzene rings is 2. The summed E-state index contributed by atoms with van der Waals surface area (Å²) in [6.07, 6.45) is 1.60. The molecule has 7 heteroatoms. The van der Waals surface area contributed by atoms with Gasteiger partial charge in [0.25, 0.3) is 5.91 Å². The molecule has 0 fully saturated rings. The monoisotopic (exact) mass is 391 g/mol. The van der Waals surface area contributed by atoms with Crippen molar-refractivity contribution in [3.05, 3.63) is 71.9 Å². The highest BCUT2D eigenvalue weighted by molar-refractivity contribution is 6.04. The fourth-order valence-corrected chi connectivity index (χ4v) is 2.65. The Hall–Kier alpha value is -3.87. The number of carbonyl (C=O) groups is 2. The number of hydrogen-bond acceptors (Lipinski definition) is 6. The van der Waals surface area contributed by atoms with E-state index in [4.69, 9.17) is 9.47 Å². The number of anilines is 3. The van der Waals surface area contributed by atoms with Gasteiger partial charge in [0.05, 0.1) is 26.1 Å². The van der Waals surface area contributed by atoms with Crippen LogP contribution in [0.1, 0.15) is 27.6 Å². The molecule has 0 aliphatic carbocycles. The molecule has 0 saturated heterocycles. The standard InChI is InChI=1S/C22H21N3O4/c1-14(26)15-5-4-6-17(9-15)24-18-7-8-21(23-13-18)25-22(27)16-10-19(28-2)12-20(11-16)29-3/h4-13,24H,1-3H3,(H,23,25,27). The molecule has 1 aromatic heterocycles. The van der Waals surface area contributed by atoms with Crippen molar-refractivity contribution >= 4 is 28.9 Å². The predicted octanol–water partition coefficient (Wildman–Crippen LogP) is 4.30. The number of aromatic nitrogens is 1. The molecule has 1 amide bonds. The Morgan fingerprint density at radius 3 is 2.17 bits per heavy atom. The van der Waals surface area contributed by atoms with Crippen LogP contribution in [0.5, 0.6) is 11.5 Å². The van der Waals surface area contributed by atoms with E-state index >= 15 is 0 Å². The average Bonchev–Trinajstić information content (AvgIpc) is 2.74. The third-order valence-corrected chi connectivity index (χ3v) is 4.18. The van der Waals surface area contributed by atoms with Gasteiger partial charge in [-0.3, -0.25) is 9.59 Å². The Bertz CT molecular complexity index is 1010. The van der Waals surface area contributed by atoms with Crippen LogP contribution in [0, 0.1) is 0 Å². The first-order chi connectivity index (χ1) is 14.0. The van der Waals surface area contributed by atoms with Crippen molar-refractivity contribution in [3.8, 4) is 11.5 Å². The summed E-state index contributed by atoms with van der Waals surface area (Å²) < 4.78 is 10.4. The second-order valence-electron chi connectivity index (χ2n) is 6.25. The number of nitrogens with zero attached hydrogens (tertiary/aromatic N) is 1.